The monoisotopic (exact) mass is 272 g/mol. The van der Waals surface area contributed by atoms with Gasteiger partial charge in [0.15, 0.2) is 0 Å². The summed E-state index contributed by atoms with van der Waals surface area (Å²) in [6, 6.07) is 4.89. The zero-order chi connectivity index (χ0) is 14.0. The van der Waals surface area contributed by atoms with Crippen molar-refractivity contribution in [3.05, 3.63) is 35.6 Å². The number of nitrogens with zero attached hydrogens (tertiary/aromatic N) is 1. The number of rotatable bonds is 3. The number of halogens is 3. The van der Waals surface area contributed by atoms with Gasteiger partial charge in [-0.05, 0) is 17.7 Å². The van der Waals surface area contributed by atoms with E-state index in [4.69, 9.17) is 0 Å². The van der Waals surface area contributed by atoms with Gasteiger partial charge in [0, 0.05) is 20.0 Å². The Morgan fingerprint density at radius 1 is 1.42 bits per heavy atom. The Labute approximate surface area is 109 Å². The number of alkyl halides is 2. The SMILES string of the molecule is CN(Cc1ccc(F)cc1)C(=O)C1CC(F)(F)CN1. The average Bonchev–Trinajstić information content (AvgIpc) is 2.71. The van der Waals surface area contributed by atoms with E-state index in [1.807, 2.05) is 0 Å². The van der Waals surface area contributed by atoms with Crippen molar-refractivity contribution in [3.8, 4) is 0 Å². The quantitative estimate of drug-likeness (QED) is 0.909. The highest BCUT2D eigenvalue weighted by Crippen LogP contribution is 2.26. The Kier molecular flexibility index (Phi) is 3.80. The first kappa shape index (κ1) is 13.9. The van der Waals surface area contributed by atoms with Crippen LogP contribution in [0.25, 0.3) is 0 Å². The summed E-state index contributed by atoms with van der Waals surface area (Å²) in [6.45, 7) is -0.198. The molecule has 0 aromatic heterocycles. The zero-order valence-corrected chi connectivity index (χ0v) is 10.5. The molecule has 1 unspecified atom stereocenters. The van der Waals surface area contributed by atoms with Crippen molar-refractivity contribution < 1.29 is 18.0 Å². The lowest BCUT2D eigenvalue weighted by Crippen LogP contribution is -2.41. The molecule has 1 aromatic rings. The molecule has 1 heterocycles. The van der Waals surface area contributed by atoms with Gasteiger partial charge in [-0.3, -0.25) is 10.1 Å². The first-order chi connectivity index (χ1) is 8.87. The predicted octanol–water partition coefficient (Wildman–Crippen LogP) is 1.78. The lowest BCUT2D eigenvalue weighted by Gasteiger charge is -2.21. The highest BCUT2D eigenvalue weighted by molar-refractivity contribution is 5.82. The number of carbonyl (C=O) groups excluding carboxylic acids is 1. The van der Waals surface area contributed by atoms with Crippen LogP contribution in [0, 0.1) is 5.82 Å². The van der Waals surface area contributed by atoms with E-state index in [0.29, 0.717) is 0 Å². The summed E-state index contributed by atoms with van der Waals surface area (Å²) in [4.78, 5) is 13.3. The van der Waals surface area contributed by atoms with E-state index >= 15 is 0 Å². The van der Waals surface area contributed by atoms with Gasteiger partial charge in [0.05, 0.1) is 12.6 Å². The summed E-state index contributed by atoms with van der Waals surface area (Å²) in [5, 5.41) is 2.52. The second-order valence-electron chi connectivity index (χ2n) is 4.81. The van der Waals surface area contributed by atoms with Crippen LogP contribution in [0.5, 0.6) is 0 Å². The van der Waals surface area contributed by atoms with Crippen molar-refractivity contribution in [1.82, 2.24) is 10.2 Å². The summed E-state index contributed by atoms with van der Waals surface area (Å²) in [5.74, 6) is -3.55. The number of likely N-dealkylation sites (N-methyl/N-ethyl adjacent to an activating group) is 1. The molecular weight excluding hydrogens is 257 g/mol. The van der Waals surface area contributed by atoms with E-state index in [0.717, 1.165) is 5.56 Å². The third kappa shape index (κ3) is 3.47. The minimum absolute atomic E-state index is 0.267. The first-order valence-corrected chi connectivity index (χ1v) is 5.98. The molecule has 2 rings (SSSR count). The lowest BCUT2D eigenvalue weighted by atomic mass is 10.1. The second kappa shape index (κ2) is 5.21. The van der Waals surface area contributed by atoms with Gasteiger partial charge in [-0.1, -0.05) is 12.1 Å². The van der Waals surface area contributed by atoms with Crippen molar-refractivity contribution in [3.63, 3.8) is 0 Å². The van der Waals surface area contributed by atoms with E-state index in [-0.39, 0.29) is 18.3 Å². The Balaban J connectivity index is 1.94. The number of hydrogen-bond acceptors (Lipinski definition) is 2. The minimum atomic E-state index is -2.82. The smallest absolute Gasteiger partial charge is 0.262 e. The zero-order valence-electron chi connectivity index (χ0n) is 10.5. The lowest BCUT2D eigenvalue weighted by molar-refractivity contribution is -0.132. The van der Waals surface area contributed by atoms with Crippen LogP contribution in [0.3, 0.4) is 0 Å². The van der Waals surface area contributed by atoms with Gasteiger partial charge in [0.2, 0.25) is 5.91 Å². The second-order valence-corrected chi connectivity index (χ2v) is 4.81. The van der Waals surface area contributed by atoms with E-state index in [2.05, 4.69) is 5.32 Å². The number of carbonyl (C=O) groups is 1. The summed E-state index contributed by atoms with van der Waals surface area (Å²) in [6.07, 6.45) is -0.473. The Morgan fingerprint density at radius 3 is 2.58 bits per heavy atom. The topological polar surface area (TPSA) is 32.3 Å². The first-order valence-electron chi connectivity index (χ1n) is 5.98. The molecule has 104 valence electrons. The summed E-state index contributed by atoms with van der Waals surface area (Å²) < 4.78 is 38.8. The highest BCUT2D eigenvalue weighted by Gasteiger charge is 2.43. The molecule has 6 heteroatoms. The maximum Gasteiger partial charge on any atom is 0.262 e. The summed E-state index contributed by atoms with van der Waals surface area (Å²) in [5.41, 5.74) is 0.752. The van der Waals surface area contributed by atoms with Gasteiger partial charge < -0.3 is 4.90 Å². The van der Waals surface area contributed by atoms with Crippen LogP contribution in [0.1, 0.15) is 12.0 Å². The van der Waals surface area contributed by atoms with Gasteiger partial charge in [0.25, 0.3) is 5.92 Å². The molecule has 0 saturated carbocycles. The van der Waals surface area contributed by atoms with Crippen molar-refractivity contribution in [2.75, 3.05) is 13.6 Å². The molecule has 1 fully saturated rings. The van der Waals surface area contributed by atoms with E-state index < -0.39 is 24.9 Å². The molecule has 0 spiro atoms. The normalized spacial score (nSPS) is 21.4. The van der Waals surface area contributed by atoms with Crippen LogP contribution >= 0.6 is 0 Å². The molecule has 1 N–H and O–H groups in total. The Morgan fingerprint density at radius 2 is 2.05 bits per heavy atom. The molecule has 1 aliphatic heterocycles. The molecular formula is C13H15F3N2O. The van der Waals surface area contributed by atoms with Crippen LogP contribution in [-0.2, 0) is 11.3 Å². The molecule has 1 atom stereocenters. The molecule has 1 aromatic carbocycles. The number of nitrogens with one attached hydrogen (secondary N) is 1. The fourth-order valence-electron chi connectivity index (χ4n) is 2.10. The molecule has 3 nitrogen and oxygen atoms in total. The number of amides is 1. The average molecular weight is 272 g/mol. The van der Waals surface area contributed by atoms with Crippen LogP contribution in [0.4, 0.5) is 13.2 Å². The van der Waals surface area contributed by atoms with Crippen molar-refractivity contribution in [2.24, 2.45) is 0 Å². The fourth-order valence-corrected chi connectivity index (χ4v) is 2.10. The molecule has 0 bridgehead atoms. The largest absolute Gasteiger partial charge is 0.340 e. The third-order valence-electron chi connectivity index (χ3n) is 3.12. The number of benzene rings is 1. The van der Waals surface area contributed by atoms with Gasteiger partial charge in [-0.2, -0.15) is 0 Å². The third-order valence-corrected chi connectivity index (χ3v) is 3.12. The highest BCUT2D eigenvalue weighted by atomic mass is 19.3. The van der Waals surface area contributed by atoms with Crippen LogP contribution in [0.15, 0.2) is 24.3 Å². The van der Waals surface area contributed by atoms with Gasteiger partial charge in [-0.25, -0.2) is 13.2 Å². The molecule has 1 amide bonds. The summed E-state index contributed by atoms with van der Waals surface area (Å²) in [7, 11) is 1.55. The molecule has 1 saturated heterocycles. The van der Waals surface area contributed by atoms with E-state index in [9.17, 15) is 18.0 Å². The van der Waals surface area contributed by atoms with Crippen LogP contribution in [0.2, 0.25) is 0 Å². The molecule has 0 aliphatic carbocycles. The minimum Gasteiger partial charge on any atom is -0.340 e. The standard InChI is InChI=1S/C13H15F3N2O/c1-18(7-9-2-4-10(14)5-3-9)12(19)11-6-13(15,16)8-17-11/h2-5,11,17H,6-8H2,1H3. The van der Waals surface area contributed by atoms with E-state index in [1.165, 1.54) is 17.0 Å². The molecule has 1 aliphatic rings. The van der Waals surface area contributed by atoms with Crippen LogP contribution < -0.4 is 5.32 Å². The predicted molar refractivity (Wildman–Crippen MR) is 64.2 cm³/mol. The van der Waals surface area contributed by atoms with E-state index in [1.54, 1.807) is 19.2 Å². The van der Waals surface area contributed by atoms with Crippen molar-refractivity contribution >= 4 is 5.91 Å². The van der Waals surface area contributed by atoms with Crippen molar-refractivity contribution in [2.45, 2.75) is 24.9 Å². The van der Waals surface area contributed by atoms with Crippen LogP contribution in [-0.4, -0.2) is 36.4 Å². The Bertz CT molecular complexity index is 461. The van der Waals surface area contributed by atoms with Gasteiger partial charge in [0.1, 0.15) is 5.82 Å². The van der Waals surface area contributed by atoms with Gasteiger partial charge in [-0.15, -0.1) is 0 Å². The molecule has 19 heavy (non-hydrogen) atoms. The fraction of sp³-hybridized carbons (Fsp3) is 0.462. The Hall–Kier alpha value is -1.56. The maximum atomic E-state index is 13.0. The van der Waals surface area contributed by atoms with Gasteiger partial charge >= 0.3 is 0 Å². The summed E-state index contributed by atoms with van der Waals surface area (Å²) >= 11 is 0. The van der Waals surface area contributed by atoms with Crippen molar-refractivity contribution in [1.29, 1.82) is 0 Å². The number of hydrogen-bond donors (Lipinski definition) is 1. The molecule has 0 radical (unpaired) electrons. The maximum absolute atomic E-state index is 13.0.